The molecule has 0 bridgehead atoms. The Hall–Kier alpha value is -2.03. The van der Waals surface area contributed by atoms with Crippen LogP contribution in [0.2, 0.25) is 0 Å². The van der Waals surface area contributed by atoms with Gasteiger partial charge in [0.05, 0.1) is 6.61 Å². The summed E-state index contributed by atoms with van der Waals surface area (Å²) in [4.78, 5) is 11.6. The van der Waals surface area contributed by atoms with Crippen LogP contribution in [0.3, 0.4) is 0 Å². The van der Waals surface area contributed by atoms with Gasteiger partial charge in [-0.05, 0) is 25.3 Å². The average molecular weight is 243 g/mol. The maximum atomic E-state index is 11.6. The Morgan fingerprint density at radius 1 is 1.22 bits per heavy atom. The highest BCUT2D eigenvalue weighted by Crippen LogP contribution is 2.23. The molecule has 0 radical (unpaired) electrons. The molecular formula is C15H17NO2. The minimum Gasteiger partial charge on any atom is -0.464 e. The maximum Gasteiger partial charge on any atom is 0.328 e. The lowest BCUT2D eigenvalue weighted by Gasteiger charge is -2.15. The predicted molar refractivity (Wildman–Crippen MR) is 73.7 cm³/mol. The van der Waals surface area contributed by atoms with Crippen LogP contribution in [-0.4, -0.2) is 18.6 Å². The summed E-state index contributed by atoms with van der Waals surface area (Å²) in [5, 5.41) is 5.45. The average Bonchev–Trinajstić information content (AvgIpc) is 2.39. The molecule has 1 atom stereocenters. The minimum atomic E-state index is -0.351. The largest absolute Gasteiger partial charge is 0.464 e. The van der Waals surface area contributed by atoms with Gasteiger partial charge in [0.25, 0.3) is 0 Å². The van der Waals surface area contributed by atoms with E-state index in [1.165, 1.54) is 0 Å². The van der Waals surface area contributed by atoms with Crippen molar-refractivity contribution < 1.29 is 9.53 Å². The van der Waals surface area contributed by atoms with Crippen molar-refractivity contribution in [1.29, 1.82) is 0 Å². The zero-order chi connectivity index (χ0) is 13.0. The highest BCUT2D eigenvalue weighted by atomic mass is 16.5. The molecule has 0 aromatic heterocycles. The molecule has 2 rings (SSSR count). The predicted octanol–water partition coefficient (Wildman–Crippen LogP) is 3.20. The number of hydrogen-bond acceptors (Lipinski definition) is 3. The van der Waals surface area contributed by atoms with Crippen molar-refractivity contribution in [3.8, 4) is 0 Å². The van der Waals surface area contributed by atoms with E-state index in [1.807, 2.05) is 37.3 Å². The molecule has 0 saturated heterocycles. The second-order valence-electron chi connectivity index (χ2n) is 4.14. The smallest absolute Gasteiger partial charge is 0.328 e. The molecule has 0 saturated carbocycles. The van der Waals surface area contributed by atoms with E-state index in [0.29, 0.717) is 6.61 Å². The summed E-state index contributed by atoms with van der Waals surface area (Å²) in [5.41, 5.74) is 0.952. The van der Waals surface area contributed by atoms with Gasteiger partial charge in [0.15, 0.2) is 0 Å². The first-order valence-electron chi connectivity index (χ1n) is 6.13. The Morgan fingerprint density at radius 2 is 1.94 bits per heavy atom. The first kappa shape index (κ1) is 12.4. The first-order chi connectivity index (χ1) is 8.72. The lowest BCUT2D eigenvalue weighted by molar-refractivity contribution is -0.143. The molecule has 3 heteroatoms. The molecule has 3 nitrogen and oxygen atoms in total. The monoisotopic (exact) mass is 243 g/mol. The zero-order valence-electron chi connectivity index (χ0n) is 10.6. The van der Waals surface area contributed by atoms with E-state index in [-0.39, 0.29) is 12.0 Å². The van der Waals surface area contributed by atoms with E-state index in [4.69, 9.17) is 4.74 Å². The normalized spacial score (nSPS) is 12.1. The van der Waals surface area contributed by atoms with Crippen LogP contribution in [0.5, 0.6) is 0 Å². The molecule has 2 aromatic carbocycles. The fourth-order valence-corrected chi connectivity index (χ4v) is 1.91. The molecular weight excluding hydrogens is 226 g/mol. The number of benzene rings is 2. The van der Waals surface area contributed by atoms with E-state index >= 15 is 0 Å². The third-order valence-corrected chi connectivity index (χ3v) is 2.80. The van der Waals surface area contributed by atoms with Gasteiger partial charge in [0, 0.05) is 11.1 Å². The van der Waals surface area contributed by atoms with E-state index in [0.717, 1.165) is 16.5 Å². The van der Waals surface area contributed by atoms with Gasteiger partial charge in [0.1, 0.15) is 6.04 Å². The lowest BCUT2D eigenvalue weighted by Crippen LogP contribution is -2.28. The van der Waals surface area contributed by atoms with Crippen molar-refractivity contribution in [2.75, 3.05) is 11.9 Å². The summed E-state index contributed by atoms with van der Waals surface area (Å²) < 4.78 is 4.99. The van der Waals surface area contributed by atoms with Crippen LogP contribution in [0, 0.1) is 0 Å². The summed E-state index contributed by atoms with van der Waals surface area (Å²) >= 11 is 0. The van der Waals surface area contributed by atoms with Gasteiger partial charge in [-0.25, -0.2) is 4.79 Å². The van der Waals surface area contributed by atoms with Gasteiger partial charge in [-0.2, -0.15) is 0 Å². The highest BCUT2D eigenvalue weighted by molar-refractivity contribution is 5.95. The van der Waals surface area contributed by atoms with Crippen LogP contribution in [0.25, 0.3) is 10.8 Å². The van der Waals surface area contributed by atoms with E-state index < -0.39 is 0 Å². The van der Waals surface area contributed by atoms with Crippen LogP contribution >= 0.6 is 0 Å². The maximum absolute atomic E-state index is 11.6. The molecule has 0 unspecified atom stereocenters. The number of fused-ring (bicyclic) bond motifs is 1. The molecule has 0 aliphatic rings. The molecule has 18 heavy (non-hydrogen) atoms. The van der Waals surface area contributed by atoms with Crippen LogP contribution in [0.15, 0.2) is 42.5 Å². The molecule has 94 valence electrons. The topological polar surface area (TPSA) is 38.3 Å². The summed E-state index contributed by atoms with van der Waals surface area (Å²) in [5.74, 6) is -0.231. The van der Waals surface area contributed by atoms with Gasteiger partial charge < -0.3 is 10.1 Å². The molecule has 1 N–H and O–H groups in total. The molecule has 0 aliphatic carbocycles. The SMILES string of the molecule is CCOC(=O)[C@@H](C)Nc1cccc2ccccc12. The van der Waals surface area contributed by atoms with Crippen LogP contribution < -0.4 is 5.32 Å². The Kier molecular flexibility index (Phi) is 3.82. The number of hydrogen-bond donors (Lipinski definition) is 1. The fourth-order valence-electron chi connectivity index (χ4n) is 1.91. The van der Waals surface area contributed by atoms with Crippen LogP contribution in [0.4, 0.5) is 5.69 Å². The number of ether oxygens (including phenoxy) is 1. The third kappa shape index (κ3) is 2.62. The van der Waals surface area contributed by atoms with Crippen molar-refractivity contribution in [2.24, 2.45) is 0 Å². The van der Waals surface area contributed by atoms with E-state index in [9.17, 15) is 4.79 Å². The molecule has 0 heterocycles. The molecule has 0 spiro atoms. The molecule has 0 fully saturated rings. The van der Waals surface area contributed by atoms with Crippen molar-refractivity contribution in [2.45, 2.75) is 19.9 Å². The van der Waals surface area contributed by atoms with Crippen LogP contribution in [0.1, 0.15) is 13.8 Å². The lowest BCUT2D eigenvalue weighted by atomic mass is 10.1. The van der Waals surface area contributed by atoms with Gasteiger partial charge in [-0.15, -0.1) is 0 Å². The Morgan fingerprint density at radius 3 is 2.72 bits per heavy atom. The number of esters is 1. The van der Waals surface area contributed by atoms with Crippen molar-refractivity contribution in [3.05, 3.63) is 42.5 Å². The second kappa shape index (κ2) is 5.54. The standard InChI is InChI=1S/C15H17NO2/c1-3-18-15(17)11(2)16-14-10-6-8-12-7-4-5-9-13(12)14/h4-11,16H,3H2,1-2H3/t11-/m1/s1. The number of rotatable bonds is 4. The molecule has 0 amide bonds. The first-order valence-corrected chi connectivity index (χ1v) is 6.13. The van der Waals surface area contributed by atoms with E-state index in [2.05, 4.69) is 17.4 Å². The molecule has 0 aliphatic heterocycles. The number of anilines is 1. The summed E-state index contributed by atoms with van der Waals surface area (Å²) in [7, 11) is 0. The zero-order valence-corrected chi connectivity index (χ0v) is 10.6. The Labute approximate surface area is 107 Å². The minimum absolute atomic E-state index is 0.231. The summed E-state index contributed by atoms with van der Waals surface area (Å²) in [6, 6.07) is 13.7. The van der Waals surface area contributed by atoms with Gasteiger partial charge in [-0.1, -0.05) is 36.4 Å². The van der Waals surface area contributed by atoms with Crippen molar-refractivity contribution in [3.63, 3.8) is 0 Å². The number of carbonyl (C=O) groups is 1. The third-order valence-electron chi connectivity index (χ3n) is 2.80. The Bertz CT molecular complexity index is 546. The summed E-state index contributed by atoms with van der Waals surface area (Å²) in [6.07, 6.45) is 0. The molecule has 2 aromatic rings. The quantitative estimate of drug-likeness (QED) is 0.838. The second-order valence-corrected chi connectivity index (χ2v) is 4.14. The highest BCUT2D eigenvalue weighted by Gasteiger charge is 2.14. The Balaban J connectivity index is 2.24. The fraction of sp³-hybridized carbons (Fsp3) is 0.267. The van der Waals surface area contributed by atoms with Gasteiger partial charge in [0.2, 0.25) is 0 Å². The number of carbonyl (C=O) groups excluding carboxylic acids is 1. The van der Waals surface area contributed by atoms with Gasteiger partial charge in [-0.3, -0.25) is 0 Å². The van der Waals surface area contributed by atoms with Crippen molar-refractivity contribution >= 4 is 22.4 Å². The van der Waals surface area contributed by atoms with Crippen molar-refractivity contribution in [1.82, 2.24) is 0 Å². The number of nitrogens with one attached hydrogen (secondary N) is 1. The van der Waals surface area contributed by atoms with E-state index in [1.54, 1.807) is 6.92 Å². The van der Waals surface area contributed by atoms with Gasteiger partial charge >= 0.3 is 5.97 Å². The summed E-state index contributed by atoms with van der Waals surface area (Å²) in [6.45, 7) is 4.02. The van der Waals surface area contributed by atoms with Crippen LogP contribution in [-0.2, 0) is 9.53 Å².